The van der Waals surface area contributed by atoms with Gasteiger partial charge in [0.05, 0.1) is 0 Å². The van der Waals surface area contributed by atoms with Crippen LogP contribution in [0.4, 0.5) is 0 Å². The second kappa shape index (κ2) is 13.1. The second-order valence-electron chi connectivity index (χ2n) is 14.0. The SMILES string of the molecule is CCCCCCCCC1C=CC(CP(Br)(c2ccccc2)(c2ccccc2)c2ccccc2)=C2N=C3CC(C)(C)CCC3=C21. The molecule has 0 aromatic heterocycles. The van der Waals surface area contributed by atoms with Gasteiger partial charge in [-0.3, -0.25) is 0 Å². The summed E-state index contributed by atoms with van der Waals surface area (Å²) in [5, 5.41) is 0.966. The van der Waals surface area contributed by atoms with Crippen molar-refractivity contribution < 1.29 is 0 Å². The van der Waals surface area contributed by atoms with Gasteiger partial charge in [-0.1, -0.05) is 6.92 Å². The van der Waals surface area contributed by atoms with Crippen LogP contribution in [0.5, 0.6) is 0 Å². The van der Waals surface area contributed by atoms with Gasteiger partial charge in [-0.15, -0.1) is 0 Å². The molecule has 2 aliphatic carbocycles. The van der Waals surface area contributed by atoms with E-state index in [9.17, 15) is 0 Å². The molecule has 3 heteroatoms. The van der Waals surface area contributed by atoms with Crippen molar-refractivity contribution in [1.29, 1.82) is 0 Å². The van der Waals surface area contributed by atoms with Gasteiger partial charge >= 0.3 is 269 Å². The van der Waals surface area contributed by atoms with E-state index in [1.54, 1.807) is 11.1 Å². The van der Waals surface area contributed by atoms with Gasteiger partial charge in [-0.2, -0.15) is 0 Å². The first-order valence-electron chi connectivity index (χ1n) is 17.0. The van der Waals surface area contributed by atoms with E-state index in [0.717, 1.165) is 19.0 Å². The molecule has 230 valence electrons. The number of allylic oxidation sites excluding steroid dienone is 5. The molecule has 1 fully saturated rings. The fraction of sp³-hybridized carbons (Fsp3) is 0.390. The van der Waals surface area contributed by atoms with Crippen molar-refractivity contribution >= 4 is 42.4 Å². The number of halogens is 1. The van der Waals surface area contributed by atoms with Gasteiger partial charge in [0.15, 0.2) is 0 Å². The maximum atomic E-state index is 5.60. The van der Waals surface area contributed by atoms with E-state index in [-0.39, 0.29) is 0 Å². The number of aliphatic imine (C=N–C) groups is 1. The summed E-state index contributed by atoms with van der Waals surface area (Å²) in [6.45, 7) is 7.15. The van der Waals surface area contributed by atoms with Crippen LogP contribution in [0.25, 0.3) is 0 Å². The molecule has 0 saturated heterocycles. The molecule has 1 aliphatic heterocycles. The summed E-state index contributed by atoms with van der Waals surface area (Å²) in [6.07, 6.45) is 18.7. The molecule has 44 heavy (non-hydrogen) atoms. The van der Waals surface area contributed by atoms with Crippen LogP contribution in [0, 0.1) is 11.3 Å². The molecule has 3 aromatic rings. The van der Waals surface area contributed by atoms with Crippen molar-refractivity contribution in [2.24, 2.45) is 16.3 Å². The molecule has 1 saturated carbocycles. The third kappa shape index (κ3) is 5.90. The minimum atomic E-state index is -3.13. The quantitative estimate of drug-likeness (QED) is 0.135. The van der Waals surface area contributed by atoms with Gasteiger partial charge in [-0.05, 0) is 0 Å². The molecule has 1 unspecified atom stereocenters. The Kier molecular flexibility index (Phi) is 9.33. The molecule has 6 rings (SSSR count). The molecule has 1 nitrogen and oxygen atoms in total. The number of benzene rings is 3. The molecule has 1 atom stereocenters. The summed E-state index contributed by atoms with van der Waals surface area (Å²) < 4.78 is 0. The number of hydrogen-bond acceptors (Lipinski definition) is 1. The van der Waals surface area contributed by atoms with Crippen LogP contribution < -0.4 is 15.9 Å². The van der Waals surface area contributed by atoms with Gasteiger partial charge < -0.3 is 0 Å². The molecular weight excluding hydrogens is 617 g/mol. The van der Waals surface area contributed by atoms with Crippen molar-refractivity contribution in [3.05, 3.63) is 126 Å². The Morgan fingerprint density at radius 1 is 0.773 bits per heavy atom. The second-order valence-corrected chi connectivity index (χ2v) is 23.0. The first-order valence-corrected chi connectivity index (χ1v) is 21.4. The molecule has 3 aliphatic rings. The van der Waals surface area contributed by atoms with E-state index in [1.165, 1.54) is 84.3 Å². The van der Waals surface area contributed by atoms with Gasteiger partial charge in [0.1, 0.15) is 0 Å². The standard InChI is InChI=1S/C41H49BrNP/c1-4-5-6-7-8-12-19-32-26-27-33(40-39(32)37-28-29-41(2,3)30-38(37)43-40)31-44(42,34-20-13-9-14-21-34,35-22-15-10-16-23-35)36-24-17-11-18-25-36/h9-11,13-18,20-27,32H,4-8,12,19,28-31H2,1-3H3. The Morgan fingerprint density at radius 2 is 1.32 bits per heavy atom. The third-order valence-electron chi connectivity index (χ3n) is 10.3. The Morgan fingerprint density at radius 3 is 1.89 bits per heavy atom. The normalized spacial score (nSPS) is 20.1. The first-order chi connectivity index (χ1) is 21.3. The fourth-order valence-electron chi connectivity index (χ4n) is 7.81. The van der Waals surface area contributed by atoms with Crippen LogP contribution in [0.2, 0.25) is 0 Å². The molecule has 0 bridgehead atoms. The zero-order valence-corrected chi connectivity index (χ0v) is 29.4. The molecule has 1 heterocycles. The number of nitrogens with zero attached hydrogens (tertiary/aromatic N) is 1. The average Bonchev–Trinajstić information content (AvgIpc) is 3.43. The number of fused-ring (bicyclic) bond motifs is 2. The van der Waals surface area contributed by atoms with Gasteiger partial charge in [0.25, 0.3) is 0 Å². The van der Waals surface area contributed by atoms with Crippen LogP contribution in [0.3, 0.4) is 0 Å². The summed E-state index contributed by atoms with van der Waals surface area (Å²) in [5.41, 5.74) is 7.50. The van der Waals surface area contributed by atoms with Crippen molar-refractivity contribution in [1.82, 2.24) is 0 Å². The number of unbranched alkanes of at least 4 members (excludes halogenated alkanes) is 5. The first kappa shape index (κ1) is 31.4. The minimum absolute atomic E-state index is 0.312. The zero-order valence-electron chi connectivity index (χ0n) is 26.9. The van der Waals surface area contributed by atoms with Crippen LogP contribution in [-0.2, 0) is 0 Å². The van der Waals surface area contributed by atoms with E-state index in [2.05, 4.69) is 124 Å². The maximum absolute atomic E-state index is 5.60. The van der Waals surface area contributed by atoms with E-state index >= 15 is 0 Å². The zero-order chi connectivity index (χ0) is 30.6. The monoisotopic (exact) mass is 665 g/mol. The predicted octanol–water partition coefficient (Wildman–Crippen LogP) is 11.0. The third-order valence-corrected chi connectivity index (χ3v) is 19.8. The van der Waals surface area contributed by atoms with Crippen molar-refractivity contribution in [3.63, 3.8) is 0 Å². The topological polar surface area (TPSA) is 12.4 Å². The van der Waals surface area contributed by atoms with Crippen LogP contribution >= 0.6 is 20.8 Å². The molecule has 0 N–H and O–H groups in total. The molecular formula is C41H49BrNP. The molecule has 3 aromatic carbocycles. The summed E-state index contributed by atoms with van der Waals surface area (Å²) in [7, 11) is 0. The van der Waals surface area contributed by atoms with E-state index in [0.29, 0.717) is 11.3 Å². The molecule has 0 spiro atoms. The van der Waals surface area contributed by atoms with Crippen LogP contribution in [0.15, 0.2) is 131 Å². The van der Waals surface area contributed by atoms with Crippen molar-refractivity contribution in [2.45, 2.75) is 85.0 Å². The van der Waals surface area contributed by atoms with Gasteiger partial charge in [0.2, 0.25) is 0 Å². The molecule has 0 radical (unpaired) electrons. The Labute approximate surface area is 274 Å². The van der Waals surface area contributed by atoms with E-state index in [1.807, 2.05) is 0 Å². The number of hydrogen-bond donors (Lipinski definition) is 0. The Hall–Kier alpha value is -2.54. The van der Waals surface area contributed by atoms with E-state index in [4.69, 9.17) is 20.5 Å². The van der Waals surface area contributed by atoms with E-state index < -0.39 is 5.31 Å². The summed E-state index contributed by atoms with van der Waals surface area (Å²) in [6, 6.07) is 33.7. The summed E-state index contributed by atoms with van der Waals surface area (Å²) >= 11 is 4.73. The Balaban J connectivity index is 1.48. The fourth-order valence-corrected chi connectivity index (χ4v) is 15.5. The number of rotatable bonds is 12. The summed E-state index contributed by atoms with van der Waals surface area (Å²) in [4.78, 5) is 5.60. The van der Waals surface area contributed by atoms with Crippen LogP contribution in [-0.4, -0.2) is 11.9 Å². The molecule has 0 amide bonds. The predicted molar refractivity (Wildman–Crippen MR) is 199 cm³/mol. The van der Waals surface area contributed by atoms with Crippen LogP contribution in [0.1, 0.15) is 85.0 Å². The van der Waals surface area contributed by atoms with Crippen molar-refractivity contribution in [2.75, 3.05) is 6.16 Å². The average molecular weight is 667 g/mol. The van der Waals surface area contributed by atoms with Crippen molar-refractivity contribution in [3.8, 4) is 0 Å². The van der Waals surface area contributed by atoms with Gasteiger partial charge in [-0.25, -0.2) is 0 Å². The Bertz CT molecular complexity index is 1480. The van der Waals surface area contributed by atoms with Gasteiger partial charge in [0, 0.05) is 0 Å². The summed E-state index contributed by atoms with van der Waals surface area (Å²) in [5.74, 6) is 0.476.